The summed E-state index contributed by atoms with van der Waals surface area (Å²) in [6, 6.07) is 0.403. The summed E-state index contributed by atoms with van der Waals surface area (Å²) in [4.78, 5) is 15.8. The molecule has 3 heteroatoms. The predicted molar refractivity (Wildman–Crippen MR) is 56.0 cm³/mol. The first-order valence-corrected chi connectivity index (χ1v) is 5.66. The molecule has 0 radical (unpaired) electrons. The van der Waals surface area contributed by atoms with Crippen LogP contribution in [0.1, 0.15) is 26.7 Å². The van der Waals surface area contributed by atoms with Crippen LogP contribution in [0, 0.1) is 5.92 Å². The molecule has 0 unspecified atom stereocenters. The molecule has 1 aliphatic heterocycles. The van der Waals surface area contributed by atoms with Crippen molar-refractivity contribution < 1.29 is 4.79 Å². The molecular weight excluding hydrogens is 176 g/mol. The van der Waals surface area contributed by atoms with Gasteiger partial charge in [0, 0.05) is 39.1 Å². The first-order valence-electron chi connectivity index (χ1n) is 5.66. The van der Waals surface area contributed by atoms with Crippen LogP contribution in [0.3, 0.4) is 0 Å². The summed E-state index contributed by atoms with van der Waals surface area (Å²) in [6.07, 6.45) is 2.84. The van der Waals surface area contributed by atoms with Gasteiger partial charge in [0.2, 0.25) is 5.91 Å². The maximum absolute atomic E-state index is 11.3. The standard InChI is InChI=1S/C11H20N2O/c1-9-7-12(8-11-3-4-11)5-6-13(9)10(2)14/h9,11H,3-8H2,1-2H3/t9-/m0/s1. The fourth-order valence-electron chi connectivity index (χ4n) is 2.33. The van der Waals surface area contributed by atoms with E-state index in [1.807, 2.05) is 4.90 Å². The Hall–Kier alpha value is -0.570. The highest BCUT2D eigenvalue weighted by molar-refractivity contribution is 5.73. The van der Waals surface area contributed by atoms with Crippen LogP contribution in [-0.4, -0.2) is 47.9 Å². The van der Waals surface area contributed by atoms with E-state index in [1.165, 1.54) is 19.4 Å². The lowest BCUT2D eigenvalue weighted by molar-refractivity contribution is -0.133. The molecule has 0 aromatic heterocycles. The van der Waals surface area contributed by atoms with E-state index in [2.05, 4.69) is 11.8 Å². The number of amides is 1. The van der Waals surface area contributed by atoms with Gasteiger partial charge >= 0.3 is 0 Å². The molecule has 0 spiro atoms. The lowest BCUT2D eigenvalue weighted by Crippen LogP contribution is -2.53. The largest absolute Gasteiger partial charge is 0.338 e. The Labute approximate surface area is 86.1 Å². The highest BCUT2D eigenvalue weighted by Crippen LogP contribution is 2.30. The van der Waals surface area contributed by atoms with Gasteiger partial charge in [-0.15, -0.1) is 0 Å². The summed E-state index contributed by atoms with van der Waals surface area (Å²) in [5.41, 5.74) is 0. The number of carbonyl (C=O) groups is 1. The van der Waals surface area contributed by atoms with Crippen molar-refractivity contribution in [3.05, 3.63) is 0 Å². The van der Waals surface area contributed by atoms with E-state index in [1.54, 1.807) is 6.92 Å². The molecule has 1 amide bonds. The van der Waals surface area contributed by atoms with Crippen molar-refractivity contribution in [3.8, 4) is 0 Å². The van der Waals surface area contributed by atoms with E-state index >= 15 is 0 Å². The van der Waals surface area contributed by atoms with E-state index in [0.717, 1.165) is 25.6 Å². The lowest BCUT2D eigenvalue weighted by atomic mass is 10.2. The van der Waals surface area contributed by atoms with Gasteiger partial charge in [-0.05, 0) is 25.7 Å². The van der Waals surface area contributed by atoms with Crippen LogP contribution < -0.4 is 0 Å². The van der Waals surface area contributed by atoms with Gasteiger partial charge in [0.05, 0.1) is 0 Å². The van der Waals surface area contributed by atoms with Crippen molar-refractivity contribution in [1.29, 1.82) is 0 Å². The second-order valence-corrected chi connectivity index (χ2v) is 4.76. The molecule has 3 nitrogen and oxygen atoms in total. The Kier molecular flexibility index (Phi) is 2.77. The minimum Gasteiger partial charge on any atom is -0.338 e. The minimum absolute atomic E-state index is 0.226. The molecule has 0 aromatic rings. The average molecular weight is 196 g/mol. The Morgan fingerprint density at radius 2 is 2.07 bits per heavy atom. The molecule has 1 saturated carbocycles. The Morgan fingerprint density at radius 3 is 2.57 bits per heavy atom. The second-order valence-electron chi connectivity index (χ2n) is 4.76. The van der Waals surface area contributed by atoms with Crippen molar-refractivity contribution in [1.82, 2.24) is 9.80 Å². The molecule has 1 atom stereocenters. The van der Waals surface area contributed by atoms with Gasteiger partial charge in [0.15, 0.2) is 0 Å². The number of rotatable bonds is 2. The van der Waals surface area contributed by atoms with Crippen LogP contribution in [0.2, 0.25) is 0 Å². The molecule has 1 saturated heterocycles. The molecule has 2 aliphatic rings. The molecule has 0 N–H and O–H groups in total. The van der Waals surface area contributed by atoms with E-state index < -0.39 is 0 Å². The highest BCUT2D eigenvalue weighted by Gasteiger charge is 2.29. The fraction of sp³-hybridized carbons (Fsp3) is 0.909. The third-order valence-corrected chi connectivity index (χ3v) is 3.33. The summed E-state index contributed by atoms with van der Waals surface area (Å²) < 4.78 is 0. The van der Waals surface area contributed by atoms with Gasteiger partial charge in [-0.1, -0.05) is 0 Å². The quantitative estimate of drug-likeness (QED) is 0.656. The maximum Gasteiger partial charge on any atom is 0.219 e. The van der Waals surface area contributed by atoms with Crippen molar-refractivity contribution in [2.24, 2.45) is 5.92 Å². The van der Waals surface area contributed by atoms with E-state index in [9.17, 15) is 4.79 Å². The maximum atomic E-state index is 11.3. The molecule has 14 heavy (non-hydrogen) atoms. The van der Waals surface area contributed by atoms with Gasteiger partial charge in [-0.25, -0.2) is 0 Å². The molecule has 0 aromatic carbocycles. The summed E-state index contributed by atoms with van der Waals surface area (Å²) in [5.74, 6) is 1.19. The second kappa shape index (κ2) is 3.89. The lowest BCUT2D eigenvalue weighted by Gasteiger charge is -2.39. The molecule has 0 bridgehead atoms. The average Bonchev–Trinajstić information content (AvgIpc) is 2.87. The van der Waals surface area contributed by atoms with Crippen LogP contribution in [-0.2, 0) is 4.79 Å². The summed E-state index contributed by atoms with van der Waals surface area (Å²) >= 11 is 0. The molecule has 80 valence electrons. The zero-order valence-corrected chi connectivity index (χ0v) is 9.20. The molecule has 2 rings (SSSR count). The fourth-order valence-corrected chi connectivity index (χ4v) is 2.33. The van der Waals surface area contributed by atoms with E-state index in [0.29, 0.717) is 6.04 Å². The van der Waals surface area contributed by atoms with Crippen LogP contribution >= 0.6 is 0 Å². The third kappa shape index (κ3) is 2.27. The molecule has 2 fully saturated rings. The van der Waals surface area contributed by atoms with E-state index in [-0.39, 0.29) is 5.91 Å². The molecule has 1 aliphatic carbocycles. The number of hydrogen-bond donors (Lipinski definition) is 0. The van der Waals surface area contributed by atoms with Crippen LogP contribution in [0.4, 0.5) is 0 Å². The number of piperazine rings is 1. The normalized spacial score (nSPS) is 29.3. The molecular formula is C11H20N2O. The summed E-state index contributed by atoms with van der Waals surface area (Å²) in [6.45, 7) is 8.14. The number of carbonyl (C=O) groups excluding carboxylic acids is 1. The van der Waals surface area contributed by atoms with Gasteiger partial charge in [-0.3, -0.25) is 9.69 Å². The van der Waals surface area contributed by atoms with Crippen molar-refractivity contribution in [2.75, 3.05) is 26.2 Å². The van der Waals surface area contributed by atoms with Gasteiger partial charge in [-0.2, -0.15) is 0 Å². The zero-order valence-electron chi connectivity index (χ0n) is 9.20. The SMILES string of the molecule is CC(=O)N1CCN(CC2CC2)C[C@@H]1C. The van der Waals surface area contributed by atoms with Gasteiger partial charge in [0.1, 0.15) is 0 Å². The smallest absolute Gasteiger partial charge is 0.219 e. The van der Waals surface area contributed by atoms with Crippen LogP contribution in [0.25, 0.3) is 0 Å². The van der Waals surface area contributed by atoms with Gasteiger partial charge in [0.25, 0.3) is 0 Å². The van der Waals surface area contributed by atoms with E-state index in [4.69, 9.17) is 0 Å². The third-order valence-electron chi connectivity index (χ3n) is 3.33. The van der Waals surface area contributed by atoms with Crippen molar-refractivity contribution >= 4 is 5.91 Å². The molecule has 1 heterocycles. The van der Waals surface area contributed by atoms with Crippen molar-refractivity contribution in [2.45, 2.75) is 32.7 Å². The first kappa shape index (κ1) is 9.97. The number of nitrogens with zero attached hydrogens (tertiary/aromatic N) is 2. The Balaban J connectivity index is 1.82. The minimum atomic E-state index is 0.226. The zero-order chi connectivity index (χ0) is 10.1. The predicted octanol–water partition coefficient (Wildman–Crippen LogP) is 0.949. The summed E-state index contributed by atoms with van der Waals surface area (Å²) in [7, 11) is 0. The van der Waals surface area contributed by atoms with Gasteiger partial charge < -0.3 is 4.90 Å². The topological polar surface area (TPSA) is 23.6 Å². The first-order chi connectivity index (χ1) is 6.66. The van der Waals surface area contributed by atoms with Crippen molar-refractivity contribution in [3.63, 3.8) is 0 Å². The highest BCUT2D eigenvalue weighted by atomic mass is 16.2. The van der Waals surface area contributed by atoms with Crippen LogP contribution in [0.5, 0.6) is 0 Å². The van der Waals surface area contributed by atoms with Crippen LogP contribution in [0.15, 0.2) is 0 Å². The summed E-state index contributed by atoms with van der Waals surface area (Å²) in [5, 5.41) is 0. The monoisotopic (exact) mass is 196 g/mol. The Bertz CT molecular complexity index is 225. The number of hydrogen-bond acceptors (Lipinski definition) is 2. The Morgan fingerprint density at radius 1 is 1.36 bits per heavy atom.